The molecule has 2 aromatic carbocycles. The lowest BCUT2D eigenvalue weighted by Gasteiger charge is -2.43. The molecule has 0 unspecified atom stereocenters. The van der Waals surface area contributed by atoms with Crippen LogP contribution in [0, 0.1) is 11.8 Å². The van der Waals surface area contributed by atoms with E-state index < -0.39 is 24.5 Å². The van der Waals surface area contributed by atoms with Crippen LogP contribution in [0.2, 0.25) is 0 Å². The van der Waals surface area contributed by atoms with Crippen molar-refractivity contribution in [2.24, 2.45) is 11.8 Å². The maximum Gasteiger partial charge on any atom is 0.335 e. The van der Waals surface area contributed by atoms with Gasteiger partial charge in [0.25, 0.3) is 5.92 Å². The van der Waals surface area contributed by atoms with Gasteiger partial charge in [0.05, 0.1) is 18.2 Å². The molecule has 1 fully saturated rings. The summed E-state index contributed by atoms with van der Waals surface area (Å²) in [4.78, 5) is 13.4. The molecule has 0 radical (unpaired) electrons. The van der Waals surface area contributed by atoms with Gasteiger partial charge in [-0.05, 0) is 72.4 Å². The van der Waals surface area contributed by atoms with E-state index in [9.17, 15) is 14.3 Å². The average Bonchev–Trinajstić information content (AvgIpc) is 2.96. The van der Waals surface area contributed by atoms with E-state index >= 15 is 8.78 Å². The molecule has 1 heterocycles. The van der Waals surface area contributed by atoms with E-state index in [0.29, 0.717) is 18.9 Å². The third kappa shape index (κ3) is 5.48. The Bertz CT molecular complexity index is 1090. The number of aromatic carboxylic acids is 1. The minimum absolute atomic E-state index is 0.0115. The number of carbonyl (C=O) groups is 1. The Morgan fingerprint density at radius 3 is 2.46 bits per heavy atom. The van der Waals surface area contributed by atoms with Crippen LogP contribution in [0.3, 0.4) is 0 Å². The van der Waals surface area contributed by atoms with Crippen LogP contribution in [0.25, 0.3) is 5.57 Å². The third-order valence-electron chi connectivity index (χ3n) is 7.19. The first kappa shape index (κ1) is 25.5. The van der Waals surface area contributed by atoms with E-state index in [1.807, 2.05) is 11.0 Å². The van der Waals surface area contributed by atoms with Crippen molar-refractivity contribution in [3.8, 4) is 0 Å². The van der Waals surface area contributed by atoms with E-state index in [1.54, 1.807) is 24.3 Å². The number of halogens is 3. The second kappa shape index (κ2) is 10.6. The number of benzene rings is 2. The van der Waals surface area contributed by atoms with E-state index in [1.165, 1.54) is 17.7 Å². The summed E-state index contributed by atoms with van der Waals surface area (Å²) in [7, 11) is 0. The van der Waals surface area contributed by atoms with Gasteiger partial charge in [-0.2, -0.15) is 0 Å². The first-order valence-corrected chi connectivity index (χ1v) is 12.6. The van der Waals surface area contributed by atoms with Gasteiger partial charge >= 0.3 is 5.97 Å². The molecule has 188 valence electrons. The predicted octanol–water partition coefficient (Wildman–Crippen LogP) is 6.95. The van der Waals surface area contributed by atoms with E-state index in [0.717, 1.165) is 47.9 Å². The predicted molar refractivity (Wildman–Crippen MR) is 133 cm³/mol. The number of alkyl halides is 3. The molecule has 3 nitrogen and oxygen atoms in total. The molecule has 0 aromatic heterocycles. The van der Waals surface area contributed by atoms with E-state index in [-0.39, 0.29) is 24.2 Å². The largest absolute Gasteiger partial charge is 0.478 e. The van der Waals surface area contributed by atoms with Crippen molar-refractivity contribution in [1.29, 1.82) is 0 Å². The smallest absolute Gasteiger partial charge is 0.335 e. The summed E-state index contributed by atoms with van der Waals surface area (Å²) in [5.41, 5.74) is 5.53. The quantitative estimate of drug-likeness (QED) is 0.418. The summed E-state index contributed by atoms with van der Waals surface area (Å²) in [5.74, 6) is -4.19. The molecule has 0 saturated carbocycles. The van der Waals surface area contributed by atoms with Crippen molar-refractivity contribution in [3.05, 3.63) is 75.9 Å². The van der Waals surface area contributed by atoms with Crippen LogP contribution in [-0.4, -0.2) is 42.3 Å². The van der Waals surface area contributed by atoms with Crippen LogP contribution in [0.15, 0.2) is 48.0 Å². The zero-order valence-corrected chi connectivity index (χ0v) is 20.5. The Kier molecular flexibility index (Phi) is 7.70. The zero-order valence-electron chi connectivity index (χ0n) is 20.5. The average molecular weight is 486 g/mol. The third-order valence-corrected chi connectivity index (χ3v) is 7.19. The van der Waals surface area contributed by atoms with Crippen LogP contribution in [0.4, 0.5) is 13.2 Å². The molecule has 0 amide bonds. The van der Waals surface area contributed by atoms with Gasteiger partial charge in [0.15, 0.2) is 0 Å². The molecule has 2 aliphatic rings. The minimum Gasteiger partial charge on any atom is -0.478 e. The highest BCUT2D eigenvalue weighted by Crippen LogP contribution is 2.43. The highest BCUT2D eigenvalue weighted by Gasteiger charge is 2.47. The number of allylic oxidation sites excluding steroid dienone is 1. The second-order valence-corrected chi connectivity index (χ2v) is 10.3. The summed E-state index contributed by atoms with van der Waals surface area (Å²) in [6.45, 7) is 5.02. The number of rotatable bonds is 9. The highest BCUT2D eigenvalue weighted by atomic mass is 19.3. The topological polar surface area (TPSA) is 40.5 Å². The van der Waals surface area contributed by atoms with Crippen LogP contribution < -0.4 is 0 Å². The lowest BCUT2D eigenvalue weighted by Crippen LogP contribution is -2.53. The normalized spacial score (nSPS) is 17.3. The number of carboxylic acid groups (broad SMARTS) is 1. The van der Waals surface area contributed by atoms with Gasteiger partial charge in [0.1, 0.15) is 0 Å². The molecule has 1 aliphatic carbocycles. The first-order valence-electron chi connectivity index (χ1n) is 12.6. The van der Waals surface area contributed by atoms with Crippen molar-refractivity contribution in [1.82, 2.24) is 4.90 Å². The molecule has 1 aliphatic heterocycles. The van der Waals surface area contributed by atoms with Crippen LogP contribution in [0.5, 0.6) is 0 Å². The number of fused-ring (bicyclic) bond motifs is 1. The maximum absolute atomic E-state index is 15.2. The second-order valence-electron chi connectivity index (χ2n) is 10.3. The maximum atomic E-state index is 15.2. The summed E-state index contributed by atoms with van der Waals surface area (Å²) in [5, 5.41) is 9.44. The Labute approximate surface area is 205 Å². The number of nitrogens with zero attached hydrogens (tertiary/aromatic N) is 1. The van der Waals surface area contributed by atoms with Crippen molar-refractivity contribution >= 4 is 11.5 Å². The lowest BCUT2D eigenvalue weighted by atomic mass is 9.84. The SMILES string of the molecule is CC(C)CC1=C(c2ccc(C(F)(F)C3CN(CCCF)C3)cc2)c2ccc(C(=O)O)cc2CCC1. The fourth-order valence-electron chi connectivity index (χ4n) is 5.40. The number of carboxylic acids is 1. The van der Waals surface area contributed by atoms with Crippen molar-refractivity contribution in [2.45, 2.75) is 51.9 Å². The van der Waals surface area contributed by atoms with Crippen LogP contribution in [-0.2, 0) is 12.3 Å². The molecular formula is C29H34F3NO2. The van der Waals surface area contributed by atoms with Gasteiger partial charge < -0.3 is 10.0 Å². The van der Waals surface area contributed by atoms with Crippen molar-refractivity contribution in [3.63, 3.8) is 0 Å². The molecular weight excluding hydrogens is 451 g/mol. The molecule has 1 N–H and O–H groups in total. The van der Waals surface area contributed by atoms with Crippen LogP contribution >= 0.6 is 0 Å². The fraction of sp³-hybridized carbons (Fsp3) is 0.483. The summed E-state index contributed by atoms with van der Waals surface area (Å²) in [6.07, 6.45) is 3.91. The molecule has 4 rings (SSSR count). The van der Waals surface area contributed by atoms with Crippen molar-refractivity contribution in [2.75, 3.05) is 26.3 Å². The molecule has 0 spiro atoms. The Balaban J connectivity index is 1.65. The van der Waals surface area contributed by atoms with E-state index in [4.69, 9.17) is 0 Å². The zero-order chi connectivity index (χ0) is 25.2. The highest BCUT2D eigenvalue weighted by molar-refractivity contribution is 5.90. The number of aryl methyl sites for hydroxylation is 1. The Morgan fingerprint density at radius 1 is 1.11 bits per heavy atom. The number of likely N-dealkylation sites (tertiary alicyclic amines) is 1. The molecule has 0 bridgehead atoms. The summed E-state index contributed by atoms with van der Waals surface area (Å²) < 4.78 is 42.7. The lowest BCUT2D eigenvalue weighted by molar-refractivity contribution is -0.124. The molecule has 6 heteroatoms. The number of hydrogen-bond acceptors (Lipinski definition) is 2. The first-order chi connectivity index (χ1) is 16.7. The number of hydrogen-bond donors (Lipinski definition) is 1. The summed E-state index contributed by atoms with van der Waals surface area (Å²) >= 11 is 0. The van der Waals surface area contributed by atoms with Gasteiger partial charge in [-0.25, -0.2) is 13.6 Å². The fourth-order valence-corrected chi connectivity index (χ4v) is 5.40. The van der Waals surface area contributed by atoms with Crippen molar-refractivity contribution < 1.29 is 23.1 Å². The standard InChI is InChI=1S/C29H34F3NO2/c1-19(2)15-22-6-3-5-21-16-23(28(34)35)9-12-26(21)27(22)20-7-10-24(11-8-20)29(31,32)25-17-33(18-25)14-4-13-30/h7-12,16,19,25H,3-6,13-15,17-18H2,1-2H3,(H,34,35). The minimum atomic E-state index is -2.93. The van der Waals surface area contributed by atoms with E-state index in [2.05, 4.69) is 13.8 Å². The van der Waals surface area contributed by atoms with Crippen LogP contribution in [0.1, 0.15) is 72.1 Å². The Hall–Kier alpha value is -2.60. The molecule has 2 aromatic rings. The summed E-state index contributed by atoms with van der Waals surface area (Å²) in [6, 6.07) is 11.9. The van der Waals surface area contributed by atoms with Gasteiger partial charge in [-0.1, -0.05) is 49.8 Å². The molecule has 35 heavy (non-hydrogen) atoms. The molecule has 0 atom stereocenters. The monoisotopic (exact) mass is 485 g/mol. The van der Waals surface area contributed by atoms with Gasteiger partial charge in [-0.3, -0.25) is 4.39 Å². The Morgan fingerprint density at radius 2 is 1.83 bits per heavy atom. The van der Waals surface area contributed by atoms with Gasteiger partial charge in [0.2, 0.25) is 0 Å². The van der Waals surface area contributed by atoms with Gasteiger partial charge in [-0.15, -0.1) is 0 Å². The van der Waals surface area contributed by atoms with Gasteiger partial charge in [0, 0.05) is 25.2 Å². The molecule has 1 saturated heterocycles.